The Morgan fingerprint density at radius 2 is 1.54 bits per heavy atom. The summed E-state index contributed by atoms with van der Waals surface area (Å²) in [5, 5.41) is 9.33. The average Bonchev–Trinajstić information content (AvgIpc) is 2.87. The van der Waals surface area contributed by atoms with Gasteiger partial charge in [-0.05, 0) is 35.9 Å². The highest BCUT2D eigenvalue weighted by atomic mass is 19.4. The molecule has 0 atom stereocenters. The minimum atomic E-state index is -4.88. The largest absolute Gasteiger partial charge is 0.429 e. The molecule has 0 saturated carbocycles. The SMILES string of the molecule is On1cccc1CCOCc1cc(C(F)(F)F)cc(C(F)(F)F)c1. The van der Waals surface area contributed by atoms with Gasteiger partial charge < -0.3 is 9.94 Å². The van der Waals surface area contributed by atoms with Crippen molar-refractivity contribution in [1.29, 1.82) is 0 Å². The Labute approximate surface area is 133 Å². The molecule has 2 rings (SSSR count). The van der Waals surface area contributed by atoms with Gasteiger partial charge in [0.05, 0.1) is 30.0 Å². The number of halogens is 6. The van der Waals surface area contributed by atoms with Crippen molar-refractivity contribution in [1.82, 2.24) is 4.73 Å². The van der Waals surface area contributed by atoms with Crippen molar-refractivity contribution in [2.24, 2.45) is 0 Å². The van der Waals surface area contributed by atoms with Crippen LogP contribution in [-0.2, 0) is 30.1 Å². The molecule has 0 unspecified atom stereocenters. The van der Waals surface area contributed by atoms with Crippen molar-refractivity contribution in [3.8, 4) is 0 Å². The lowest BCUT2D eigenvalue weighted by Gasteiger charge is -2.14. The fourth-order valence-electron chi connectivity index (χ4n) is 2.08. The van der Waals surface area contributed by atoms with Crippen LogP contribution in [-0.4, -0.2) is 16.5 Å². The lowest BCUT2D eigenvalue weighted by atomic mass is 10.1. The van der Waals surface area contributed by atoms with Gasteiger partial charge in [0.25, 0.3) is 0 Å². The quantitative estimate of drug-likeness (QED) is 0.487. The molecular weight excluding hydrogens is 340 g/mol. The van der Waals surface area contributed by atoms with Crippen LogP contribution in [0.5, 0.6) is 0 Å². The number of hydrogen-bond donors (Lipinski definition) is 1. The summed E-state index contributed by atoms with van der Waals surface area (Å²) in [4.78, 5) is 0. The number of nitrogens with zero attached hydrogens (tertiary/aromatic N) is 1. The fraction of sp³-hybridized carbons (Fsp3) is 0.333. The van der Waals surface area contributed by atoms with Gasteiger partial charge in [-0.1, -0.05) is 0 Å². The Morgan fingerprint density at radius 1 is 0.958 bits per heavy atom. The Bertz CT molecular complexity index is 658. The highest BCUT2D eigenvalue weighted by Gasteiger charge is 2.36. The van der Waals surface area contributed by atoms with Gasteiger partial charge in [-0.3, -0.25) is 0 Å². The third-order valence-corrected chi connectivity index (χ3v) is 3.23. The van der Waals surface area contributed by atoms with Crippen LogP contribution in [0, 0.1) is 0 Å². The first-order chi connectivity index (χ1) is 11.1. The molecule has 1 aromatic heterocycles. The number of alkyl halides is 6. The highest BCUT2D eigenvalue weighted by Crippen LogP contribution is 2.36. The van der Waals surface area contributed by atoms with Gasteiger partial charge >= 0.3 is 12.4 Å². The number of rotatable bonds is 5. The second kappa shape index (κ2) is 6.76. The molecule has 2 aromatic rings. The van der Waals surface area contributed by atoms with E-state index in [4.69, 9.17) is 4.74 Å². The zero-order chi connectivity index (χ0) is 18.0. The van der Waals surface area contributed by atoms with E-state index in [9.17, 15) is 31.5 Å². The summed E-state index contributed by atoms with van der Waals surface area (Å²) >= 11 is 0. The van der Waals surface area contributed by atoms with E-state index in [0.29, 0.717) is 17.8 Å². The van der Waals surface area contributed by atoms with E-state index in [-0.39, 0.29) is 24.7 Å². The molecule has 0 fully saturated rings. The predicted octanol–water partition coefficient (Wildman–Crippen LogP) is 4.52. The van der Waals surface area contributed by atoms with Crippen LogP contribution in [0.3, 0.4) is 0 Å². The molecule has 1 N–H and O–H groups in total. The second-order valence-electron chi connectivity index (χ2n) is 5.06. The van der Waals surface area contributed by atoms with Crippen molar-refractivity contribution >= 4 is 0 Å². The van der Waals surface area contributed by atoms with Gasteiger partial charge in [0.15, 0.2) is 0 Å². The minimum Gasteiger partial charge on any atom is -0.429 e. The van der Waals surface area contributed by atoms with Crippen LogP contribution < -0.4 is 0 Å². The summed E-state index contributed by atoms with van der Waals surface area (Å²) in [5.41, 5.74) is -2.47. The lowest BCUT2D eigenvalue weighted by Crippen LogP contribution is -2.12. The zero-order valence-electron chi connectivity index (χ0n) is 12.2. The van der Waals surface area contributed by atoms with E-state index < -0.39 is 30.1 Å². The molecule has 0 aliphatic carbocycles. The van der Waals surface area contributed by atoms with Gasteiger partial charge in [0, 0.05) is 12.6 Å². The topological polar surface area (TPSA) is 34.4 Å². The van der Waals surface area contributed by atoms with Crippen molar-refractivity contribution in [2.45, 2.75) is 25.4 Å². The van der Waals surface area contributed by atoms with Gasteiger partial charge in [0.2, 0.25) is 0 Å². The molecule has 0 spiro atoms. The van der Waals surface area contributed by atoms with Gasteiger partial charge in [-0.15, -0.1) is 0 Å². The predicted molar refractivity (Wildman–Crippen MR) is 71.4 cm³/mol. The molecule has 0 amide bonds. The Kier molecular flexibility index (Phi) is 5.12. The van der Waals surface area contributed by atoms with Crippen molar-refractivity contribution in [3.63, 3.8) is 0 Å². The molecule has 1 aromatic carbocycles. The molecule has 132 valence electrons. The van der Waals surface area contributed by atoms with E-state index in [0.717, 1.165) is 4.73 Å². The summed E-state index contributed by atoms with van der Waals surface area (Å²) in [6.07, 6.45) is -8.12. The summed E-state index contributed by atoms with van der Waals surface area (Å²) in [6.45, 7) is -0.374. The summed E-state index contributed by atoms with van der Waals surface area (Å²) in [7, 11) is 0. The Balaban J connectivity index is 2.07. The standard InChI is InChI=1S/C15H13F6NO2/c16-14(17,18)11-6-10(7-12(8-11)15(19,20)21)9-24-5-3-13-2-1-4-22(13)23/h1-2,4,6-8,23H,3,5,9H2. The van der Waals surface area contributed by atoms with Crippen LogP contribution in [0.25, 0.3) is 0 Å². The molecule has 0 radical (unpaired) electrons. The third kappa shape index (κ3) is 4.67. The Hall–Kier alpha value is -2.16. The van der Waals surface area contributed by atoms with Crippen LogP contribution in [0.1, 0.15) is 22.4 Å². The number of hydrogen-bond acceptors (Lipinski definition) is 2. The van der Waals surface area contributed by atoms with Crippen molar-refractivity contribution in [3.05, 3.63) is 58.9 Å². The maximum absolute atomic E-state index is 12.7. The van der Waals surface area contributed by atoms with Gasteiger partial charge in [0.1, 0.15) is 0 Å². The first-order valence-electron chi connectivity index (χ1n) is 6.79. The molecular formula is C15H13F6NO2. The first kappa shape index (κ1) is 18.2. The number of ether oxygens (including phenoxy) is 1. The van der Waals surface area contributed by atoms with Crippen LogP contribution in [0.15, 0.2) is 36.5 Å². The van der Waals surface area contributed by atoms with Crippen molar-refractivity contribution < 1.29 is 36.3 Å². The smallest absolute Gasteiger partial charge is 0.416 e. The van der Waals surface area contributed by atoms with E-state index in [1.807, 2.05) is 0 Å². The number of benzene rings is 1. The maximum atomic E-state index is 12.7. The number of aromatic nitrogens is 1. The van der Waals surface area contributed by atoms with E-state index >= 15 is 0 Å². The molecule has 0 bridgehead atoms. The molecule has 24 heavy (non-hydrogen) atoms. The van der Waals surface area contributed by atoms with E-state index in [2.05, 4.69) is 0 Å². The molecule has 0 aliphatic rings. The minimum absolute atomic E-state index is 0.0299. The Morgan fingerprint density at radius 3 is 2.00 bits per heavy atom. The summed E-state index contributed by atoms with van der Waals surface area (Å²) in [6, 6.07) is 4.52. The van der Waals surface area contributed by atoms with E-state index in [1.54, 1.807) is 12.1 Å². The molecule has 0 aliphatic heterocycles. The van der Waals surface area contributed by atoms with Crippen LogP contribution >= 0.6 is 0 Å². The fourth-order valence-corrected chi connectivity index (χ4v) is 2.08. The van der Waals surface area contributed by atoms with Crippen LogP contribution in [0.2, 0.25) is 0 Å². The maximum Gasteiger partial charge on any atom is 0.416 e. The monoisotopic (exact) mass is 353 g/mol. The zero-order valence-corrected chi connectivity index (χ0v) is 12.2. The molecule has 9 heteroatoms. The normalized spacial score (nSPS) is 12.6. The first-order valence-corrected chi connectivity index (χ1v) is 6.79. The average molecular weight is 353 g/mol. The highest BCUT2D eigenvalue weighted by molar-refractivity contribution is 5.33. The van der Waals surface area contributed by atoms with Gasteiger partial charge in [-0.2, -0.15) is 31.1 Å². The summed E-state index contributed by atoms with van der Waals surface area (Å²) < 4.78 is 82.3. The van der Waals surface area contributed by atoms with Crippen LogP contribution in [0.4, 0.5) is 26.3 Å². The van der Waals surface area contributed by atoms with E-state index in [1.165, 1.54) is 6.20 Å². The molecule has 3 nitrogen and oxygen atoms in total. The lowest BCUT2D eigenvalue weighted by molar-refractivity contribution is -0.143. The second-order valence-corrected chi connectivity index (χ2v) is 5.06. The van der Waals surface area contributed by atoms with Crippen molar-refractivity contribution in [2.75, 3.05) is 6.61 Å². The molecule has 1 heterocycles. The summed E-state index contributed by atoms with van der Waals surface area (Å²) in [5.74, 6) is 0. The molecule has 0 saturated heterocycles. The van der Waals surface area contributed by atoms with Gasteiger partial charge in [-0.25, -0.2) is 0 Å². The third-order valence-electron chi connectivity index (χ3n) is 3.23.